The summed E-state index contributed by atoms with van der Waals surface area (Å²) in [5.74, 6) is 0.108. The van der Waals surface area contributed by atoms with Crippen LogP contribution in [-0.2, 0) is 5.41 Å². The first-order chi connectivity index (χ1) is 7.71. The van der Waals surface area contributed by atoms with E-state index in [1.807, 2.05) is 13.0 Å². The number of carbonyl (C=O) groups excluding carboxylic acids is 1. The van der Waals surface area contributed by atoms with Gasteiger partial charge in [0.1, 0.15) is 0 Å². The minimum Gasteiger partial charge on any atom is -0.351 e. The van der Waals surface area contributed by atoms with Crippen LogP contribution in [0.25, 0.3) is 0 Å². The van der Waals surface area contributed by atoms with Crippen molar-refractivity contribution in [2.75, 3.05) is 6.54 Å². The van der Waals surface area contributed by atoms with Gasteiger partial charge in [-0.25, -0.2) is 0 Å². The van der Waals surface area contributed by atoms with Gasteiger partial charge in [0.15, 0.2) is 0 Å². The Morgan fingerprint density at radius 2 is 2.00 bits per heavy atom. The molecule has 0 bridgehead atoms. The third-order valence-electron chi connectivity index (χ3n) is 4.14. The van der Waals surface area contributed by atoms with E-state index in [1.54, 1.807) is 0 Å². The summed E-state index contributed by atoms with van der Waals surface area (Å²) in [6, 6.07) is 6.34. The first-order valence-electron chi connectivity index (χ1n) is 6.11. The van der Waals surface area contributed by atoms with Crippen molar-refractivity contribution in [2.24, 2.45) is 0 Å². The van der Waals surface area contributed by atoms with Crippen molar-refractivity contribution in [1.82, 2.24) is 5.32 Å². The van der Waals surface area contributed by atoms with Crippen molar-refractivity contribution < 1.29 is 4.79 Å². The molecule has 1 heterocycles. The Bertz CT molecular complexity index is 444. The average Bonchev–Trinajstić information content (AvgIpc) is 2.74. The molecule has 2 nitrogen and oxygen atoms in total. The van der Waals surface area contributed by atoms with Gasteiger partial charge in [-0.3, -0.25) is 4.79 Å². The second-order valence-electron chi connectivity index (χ2n) is 5.22. The van der Waals surface area contributed by atoms with E-state index in [1.165, 1.54) is 36.8 Å². The van der Waals surface area contributed by atoms with Crippen LogP contribution in [0.5, 0.6) is 0 Å². The summed E-state index contributed by atoms with van der Waals surface area (Å²) in [6.07, 6.45) is 5.04. The molecule has 1 aromatic carbocycles. The van der Waals surface area contributed by atoms with Gasteiger partial charge in [0.25, 0.3) is 5.91 Å². The maximum Gasteiger partial charge on any atom is 0.251 e. The largest absolute Gasteiger partial charge is 0.351 e. The third kappa shape index (κ3) is 1.29. The van der Waals surface area contributed by atoms with E-state index in [0.717, 1.165) is 12.1 Å². The Hall–Kier alpha value is -1.31. The van der Waals surface area contributed by atoms with Crippen LogP contribution < -0.4 is 5.32 Å². The van der Waals surface area contributed by atoms with Gasteiger partial charge in [0, 0.05) is 17.5 Å². The monoisotopic (exact) mass is 215 g/mol. The van der Waals surface area contributed by atoms with Crippen LogP contribution in [-0.4, -0.2) is 12.5 Å². The number of hydrogen-bond acceptors (Lipinski definition) is 1. The Balaban J connectivity index is 2.16. The molecule has 2 aliphatic rings. The summed E-state index contributed by atoms with van der Waals surface area (Å²) in [5, 5.41) is 3.06. The lowest BCUT2D eigenvalue weighted by atomic mass is 9.74. The number of fused-ring (bicyclic) bond motifs is 2. The van der Waals surface area contributed by atoms with E-state index in [2.05, 4.69) is 17.4 Å². The van der Waals surface area contributed by atoms with Crippen LogP contribution in [0.1, 0.15) is 47.2 Å². The van der Waals surface area contributed by atoms with Crippen LogP contribution in [0.15, 0.2) is 18.2 Å². The lowest BCUT2D eigenvalue weighted by molar-refractivity contribution is 0.0924. The van der Waals surface area contributed by atoms with Gasteiger partial charge in [-0.2, -0.15) is 0 Å². The second-order valence-corrected chi connectivity index (χ2v) is 5.22. The number of amides is 1. The molecule has 1 amide bonds. The molecule has 3 rings (SSSR count). The highest BCUT2D eigenvalue weighted by atomic mass is 16.1. The van der Waals surface area contributed by atoms with Gasteiger partial charge >= 0.3 is 0 Å². The first kappa shape index (κ1) is 9.88. The summed E-state index contributed by atoms with van der Waals surface area (Å²) in [7, 11) is 0. The number of nitrogens with one attached hydrogen (secondary N) is 1. The van der Waals surface area contributed by atoms with Crippen LogP contribution in [0.4, 0.5) is 0 Å². The molecule has 2 heteroatoms. The fourth-order valence-corrected chi connectivity index (χ4v) is 3.25. The van der Waals surface area contributed by atoms with Crippen LogP contribution >= 0.6 is 0 Å². The van der Waals surface area contributed by atoms with Crippen molar-refractivity contribution in [3.63, 3.8) is 0 Å². The van der Waals surface area contributed by atoms with Gasteiger partial charge < -0.3 is 5.32 Å². The number of benzene rings is 1. The average molecular weight is 215 g/mol. The normalized spacial score (nSPS) is 21.9. The molecule has 0 atom stereocenters. The lowest BCUT2D eigenvalue weighted by Gasteiger charge is -2.35. The summed E-state index contributed by atoms with van der Waals surface area (Å²) < 4.78 is 0. The molecule has 1 aliphatic carbocycles. The van der Waals surface area contributed by atoms with Gasteiger partial charge in [-0.15, -0.1) is 0 Å². The van der Waals surface area contributed by atoms with Gasteiger partial charge in [0.2, 0.25) is 0 Å². The zero-order valence-electron chi connectivity index (χ0n) is 9.68. The minimum absolute atomic E-state index is 0.108. The molecule has 1 fully saturated rings. The predicted molar refractivity (Wildman–Crippen MR) is 63.7 cm³/mol. The van der Waals surface area contributed by atoms with E-state index in [4.69, 9.17) is 0 Å². The van der Waals surface area contributed by atoms with Crippen LogP contribution in [0.2, 0.25) is 0 Å². The summed E-state index contributed by atoms with van der Waals surface area (Å²) in [4.78, 5) is 11.9. The molecule has 1 aliphatic heterocycles. The third-order valence-corrected chi connectivity index (χ3v) is 4.14. The number of carbonyl (C=O) groups is 1. The fourth-order valence-electron chi connectivity index (χ4n) is 3.25. The molecule has 1 spiro atoms. The fraction of sp³-hybridized carbons (Fsp3) is 0.500. The molecule has 0 radical (unpaired) electrons. The zero-order valence-corrected chi connectivity index (χ0v) is 9.68. The van der Waals surface area contributed by atoms with E-state index >= 15 is 0 Å². The van der Waals surface area contributed by atoms with Crippen molar-refractivity contribution in [3.8, 4) is 0 Å². The second kappa shape index (κ2) is 3.34. The lowest BCUT2D eigenvalue weighted by Crippen LogP contribution is -2.45. The highest BCUT2D eigenvalue weighted by Crippen LogP contribution is 2.43. The summed E-state index contributed by atoms with van der Waals surface area (Å²) >= 11 is 0. The topological polar surface area (TPSA) is 29.1 Å². The van der Waals surface area contributed by atoms with Crippen molar-refractivity contribution in [1.29, 1.82) is 0 Å². The molecular formula is C14H17NO. The SMILES string of the molecule is Cc1ccc2c(c1)C(=O)NCC21CCCC1. The van der Waals surface area contributed by atoms with E-state index in [-0.39, 0.29) is 11.3 Å². The molecule has 1 N–H and O–H groups in total. The van der Waals surface area contributed by atoms with Gasteiger partial charge in [-0.05, 0) is 31.4 Å². The van der Waals surface area contributed by atoms with Crippen LogP contribution in [0, 0.1) is 6.92 Å². The van der Waals surface area contributed by atoms with E-state index in [0.29, 0.717) is 0 Å². The number of aryl methyl sites for hydroxylation is 1. The molecule has 84 valence electrons. The smallest absolute Gasteiger partial charge is 0.251 e. The molecule has 16 heavy (non-hydrogen) atoms. The predicted octanol–water partition coefficient (Wildman–Crippen LogP) is 2.55. The van der Waals surface area contributed by atoms with Crippen molar-refractivity contribution >= 4 is 5.91 Å². The summed E-state index contributed by atoms with van der Waals surface area (Å²) in [6.45, 7) is 2.88. The standard InChI is InChI=1S/C14H17NO/c1-10-4-5-12-11(8-10)13(16)15-9-14(12)6-2-3-7-14/h4-5,8H,2-3,6-7,9H2,1H3,(H,15,16). The molecule has 1 aromatic rings. The van der Waals surface area contributed by atoms with Gasteiger partial charge in [-0.1, -0.05) is 30.5 Å². The highest BCUT2D eigenvalue weighted by molar-refractivity contribution is 5.97. The van der Waals surface area contributed by atoms with E-state index < -0.39 is 0 Å². The first-order valence-corrected chi connectivity index (χ1v) is 6.11. The van der Waals surface area contributed by atoms with Crippen molar-refractivity contribution in [2.45, 2.75) is 38.0 Å². The van der Waals surface area contributed by atoms with Gasteiger partial charge in [0.05, 0.1) is 0 Å². The molecule has 0 saturated heterocycles. The highest BCUT2D eigenvalue weighted by Gasteiger charge is 2.41. The Morgan fingerprint density at radius 3 is 2.75 bits per heavy atom. The Labute approximate surface area is 96.1 Å². The molecule has 0 aromatic heterocycles. The summed E-state index contributed by atoms with van der Waals surface area (Å²) in [5.41, 5.74) is 3.62. The van der Waals surface area contributed by atoms with Crippen molar-refractivity contribution in [3.05, 3.63) is 34.9 Å². The van der Waals surface area contributed by atoms with E-state index in [9.17, 15) is 4.79 Å². The Morgan fingerprint density at radius 1 is 1.25 bits per heavy atom. The number of hydrogen-bond donors (Lipinski definition) is 1. The maximum atomic E-state index is 11.9. The zero-order chi connectivity index (χ0) is 11.2. The van der Waals surface area contributed by atoms with Crippen LogP contribution in [0.3, 0.4) is 0 Å². The molecule has 1 saturated carbocycles. The number of rotatable bonds is 0. The minimum atomic E-state index is 0.108. The maximum absolute atomic E-state index is 11.9. The molecule has 0 unspecified atom stereocenters. The quantitative estimate of drug-likeness (QED) is 0.708. The Kier molecular flexibility index (Phi) is 2.06. The molecular weight excluding hydrogens is 198 g/mol.